The van der Waals surface area contributed by atoms with E-state index >= 15 is 0 Å². The van der Waals surface area contributed by atoms with Gasteiger partial charge in [-0.3, -0.25) is 0 Å². The van der Waals surface area contributed by atoms with E-state index in [2.05, 4.69) is 4.98 Å². The molecule has 0 aliphatic carbocycles. The number of aromatic nitrogens is 1. The van der Waals surface area contributed by atoms with E-state index in [0.717, 1.165) is 17.2 Å². The Balaban J connectivity index is 2.09. The van der Waals surface area contributed by atoms with Gasteiger partial charge in [0, 0.05) is 25.7 Å². The van der Waals surface area contributed by atoms with Gasteiger partial charge in [0.1, 0.15) is 11.4 Å². The molecule has 1 saturated heterocycles. The summed E-state index contributed by atoms with van der Waals surface area (Å²) in [5.41, 5.74) is -2.08. The summed E-state index contributed by atoms with van der Waals surface area (Å²) in [6.45, 7) is 3.64. The largest absolute Gasteiger partial charge is 0.491 e. The zero-order valence-electron chi connectivity index (χ0n) is 15.1. The molecular formula is C17H21F5N2O3. The maximum atomic E-state index is 14.2. The first kappa shape index (κ1) is 21.2. The molecule has 1 amide bonds. The standard InChI is InChI=1S/C17H21F5N2O3/c1-15(2,3)27-14(25)24-8-6-16(18,19)11(9-24)10-26-12-5-4-7-23-13(12)17(20,21)22/h4-5,7,11H,6,8-10H2,1-3H3. The van der Waals surface area contributed by atoms with Gasteiger partial charge in [0.15, 0.2) is 5.69 Å². The third kappa shape index (κ3) is 5.67. The van der Waals surface area contributed by atoms with Gasteiger partial charge < -0.3 is 14.4 Å². The van der Waals surface area contributed by atoms with Crippen molar-refractivity contribution in [2.24, 2.45) is 5.92 Å². The lowest BCUT2D eigenvalue weighted by Gasteiger charge is -2.38. The number of piperidine rings is 1. The minimum atomic E-state index is -4.77. The number of carbonyl (C=O) groups excluding carboxylic acids is 1. The minimum Gasteiger partial charge on any atom is -0.491 e. The summed E-state index contributed by atoms with van der Waals surface area (Å²) >= 11 is 0. The molecule has 1 fully saturated rings. The molecule has 0 spiro atoms. The summed E-state index contributed by atoms with van der Waals surface area (Å²) in [4.78, 5) is 16.4. The monoisotopic (exact) mass is 396 g/mol. The van der Waals surface area contributed by atoms with Gasteiger partial charge in [-0.15, -0.1) is 0 Å². The average Bonchev–Trinajstić information content (AvgIpc) is 2.51. The maximum absolute atomic E-state index is 14.2. The van der Waals surface area contributed by atoms with E-state index in [9.17, 15) is 26.7 Å². The number of rotatable bonds is 3. The molecule has 0 aromatic carbocycles. The van der Waals surface area contributed by atoms with Gasteiger partial charge in [0.2, 0.25) is 0 Å². The maximum Gasteiger partial charge on any atom is 0.437 e. The zero-order chi connectivity index (χ0) is 20.5. The van der Waals surface area contributed by atoms with Crippen molar-refractivity contribution in [1.29, 1.82) is 0 Å². The Morgan fingerprint density at radius 2 is 2.00 bits per heavy atom. The number of ether oxygens (including phenoxy) is 2. The highest BCUT2D eigenvalue weighted by molar-refractivity contribution is 5.68. The van der Waals surface area contributed by atoms with Gasteiger partial charge in [-0.2, -0.15) is 13.2 Å². The van der Waals surface area contributed by atoms with E-state index < -0.39 is 54.2 Å². The highest BCUT2D eigenvalue weighted by atomic mass is 19.4. The van der Waals surface area contributed by atoms with E-state index in [0.29, 0.717) is 0 Å². The molecule has 10 heteroatoms. The third-order valence-electron chi connectivity index (χ3n) is 3.88. The predicted molar refractivity (Wildman–Crippen MR) is 85.6 cm³/mol. The Bertz CT molecular complexity index is 673. The molecule has 0 N–H and O–H groups in total. The van der Waals surface area contributed by atoms with Crippen LogP contribution < -0.4 is 4.74 Å². The van der Waals surface area contributed by atoms with Gasteiger partial charge in [0.05, 0.1) is 12.5 Å². The number of carbonyl (C=O) groups is 1. The summed E-state index contributed by atoms with van der Waals surface area (Å²) in [7, 11) is 0. The SMILES string of the molecule is CC(C)(C)OC(=O)N1CCC(F)(F)C(COc2cccnc2C(F)(F)F)C1. The first-order chi connectivity index (χ1) is 12.3. The van der Waals surface area contributed by atoms with E-state index in [1.165, 1.54) is 6.07 Å². The van der Waals surface area contributed by atoms with Crippen molar-refractivity contribution in [3.05, 3.63) is 24.0 Å². The van der Waals surface area contributed by atoms with Crippen molar-refractivity contribution < 1.29 is 36.2 Å². The van der Waals surface area contributed by atoms with Crippen molar-refractivity contribution in [1.82, 2.24) is 9.88 Å². The molecule has 2 rings (SSSR count). The lowest BCUT2D eigenvalue weighted by Crippen LogP contribution is -2.52. The van der Waals surface area contributed by atoms with Crippen LogP contribution in [-0.4, -0.2) is 47.2 Å². The Morgan fingerprint density at radius 3 is 2.59 bits per heavy atom. The van der Waals surface area contributed by atoms with Crippen LogP contribution in [0.2, 0.25) is 0 Å². The second kappa shape index (κ2) is 7.47. The molecule has 1 unspecified atom stereocenters. The van der Waals surface area contributed by atoms with Crippen LogP contribution in [0.25, 0.3) is 0 Å². The van der Waals surface area contributed by atoms with Crippen molar-refractivity contribution in [3.63, 3.8) is 0 Å². The third-order valence-corrected chi connectivity index (χ3v) is 3.88. The number of alkyl halides is 5. The number of nitrogens with zero attached hydrogens (tertiary/aromatic N) is 2. The molecule has 1 aromatic heterocycles. The lowest BCUT2D eigenvalue weighted by molar-refractivity contribution is -0.143. The van der Waals surface area contributed by atoms with Gasteiger partial charge >= 0.3 is 12.3 Å². The van der Waals surface area contributed by atoms with Gasteiger partial charge in [-0.05, 0) is 32.9 Å². The van der Waals surface area contributed by atoms with Crippen molar-refractivity contribution >= 4 is 6.09 Å². The van der Waals surface area contributed by atoms with Gasteiger partial charge in [0.25, 0.3) is 5.92 Å². The number of hydrogen-bond donors (Lipinski definition) is 0. The van der Waals surface area contributed by atoms with Crippen LogP contribution in [-0.2, 0) is 10.9 Å². The molecule has 0 bridgehead atoms. The molecular weight excluding hydrogens is 375 g/mol. The van der Waals surface area contributed by atoms with Gasteiger partial charge in [-0.25, -0.2) is 18.6 Å². The van der Waals surface area contributed by atoms with Crippen molar-refractivity contribution in [3.8, 4) is 5.75 Å². The van der Waals surface area contributed by atoms with Gasteiger partial charge in [-0.1, -0.05) is 0 Å². The lowest BCUT2D eigenvalue weighted by atomic mass is 9.94. The smallest absolute Gasteiger partial charge is 0.437 e. The Morgan fingerprint density at radius 1 is 1.33 bits per heavy atom. The van der Waals surface area contributed by atoms with Crippen LogP contribution in [0, 0.1) is 5.92 Å². The molecule has 1 aliphatic heterocycles. The van der Waals surface area contributed by atoms with Crippen LogP contribution in [0.5, 0.6) is 5.75 Å². The van der Waals surface area contributed by atoms with E-state index in [4.69, 9.17) is 9.47 Å². The van der Waals surface area contributed by atoms with E-state index in [1.54, 1.807) is 20.8 Å². The normalized spacial score (nSPS) is 20.3. The molecule has 0 radical (unpaired) electrons. The summed E-state index contributed by atoms with van der Waals surface area (Å²) in [5, 5.41) is 0. The minimum absolute atomic E-state index is 0.209. The molecule has 2 heterocycles. The summed E-state index contributed by atoms with van der Waals surface area (Å²) in [6.07, 6.45) is -5.21. The number of likely N-dealkylation sites (tertiary alicyclic amines) is 1. The van der Waals surface area contributed by atoms with Crippen LogP contribution in [0.3, 0.4) is 0 Å². The van der Waals surface area contributed by atoms with E-state index in [1.807, 2.05) is 0 Å². The number of pyridine rings is 1. The Hall–Kier alpha value is -2.13. The fraction of sp³-hybridized carbons (Fsp3) is 0.647. The molecule has 27 heavy (non-hydrogen) atoms. The topological polar surface area (TPSA) is 51.7 Å². The van der Waals surface area contributed by atoms with Crippen LogP contribution >= 0.6 is 0 Å². The Kier molecular flexibility index (Phi) is 5.86. The quantitative estimate of drug-likeness (QED) is 0.712. The first-order valence-corrected chi connectivity index (χ1v) is 8.30. The molecule has 1 atom stereocenters. The fourth-order valence-corrected chi connectivity index (χ4v) is 2.56. The second-order valence-electron chi connectivity index (χ2n) is 7.29. The van der Waals surface area contributed by atoms with Crippen LogP contribution in [0.15, 0.2) is 18.3 Å². The van der Waals surface area contributed by atoms with Crippen LogP contribution in [0.1, 0.15) is 32.9 Å². The number of halogens is 5. The number of amides is 1. The molecule has 5 nitrogen and oxygen atoms in total. The highest BCUT2D eigenvalue weighted by Gasteiger charge is 2.46. The molecule has 1 aliphatic rings. The number of hydrogen-bond acceptors (Lipinski definition) is 4. The van der Waals surface area contributed by atoms with Crippen molar-refractivity contribution in [2.45, 2.75) is 44.9 Å². The molecule has 0 saturated carbocycles. The summed E-state index contributed by atoms with van der Waals surface area (Å²) in [6, 6.07) is 2.24. The fourth-order valence-electron chi connectivity index (χ4n) is 2.56. The molecule has 1 aromatic rings. The van der Waals surface area contributed by atoms with Crippen molar-refractivity contribution in [2.75, 3.05) is 19.7 Å². The van der Waals surface area contributed by atoms with E-state index in [-0.39, 0.29) is 13.1 Å². The zero-order valence-corrected chi connectivity index (χ0v) is 15.1. The highest BCUT2D eigenvalue weighted by Crippen LogP contribution is 2.37. The first-order valence-electron chi connectivity index (χ1n) is 8.30. The molecule has 152 valence electrons. The Labute approximate surface area is 153 Å². The van der Waals surface area contributed by atoms with Crippen LogP contribution in [0.4, 0.5) is 26.7 Å². The summed E-state index contributed by atoms with van der Waals surface area (Å²) in [5.74, 6) is -5.28. The summed E-state index contributed by atoms with van der Waals surface area (Å²) < 4.78 is 77.4. The average molecular weight is 396 g/mol. The second-order valence-corrected chi connectivity index (χ2v) is 7.29. The predicted octanol–water partition coefficient (Wildman–Crippen LogP) is 4.37.